The van der Waals surface area contributed by atoms with Crippen LogP contribution in [0.5, 0.6) is 0 Å². The summed E-state index contributed by atoms with van der Waals surface area (Å²) in [4.78, 5) is 29.9. The summed E-state index contributed by atoms with van der Waals surface area (Å²) in [5, 5.41) is 10.7. The van der Waals surface area contributed by atoms with E-state index in [-0.39, 0.29) is 16.3 Å². The van der Waals surface area contributed by atoms with Crippen LogP contribution in [0, 0.1) is 10.1 Å². The molecule has 0 bridgehead atoms. The molecule has 0 amide bonds. The van der Waals surface area contributed by atoms with Crippen LogP contribution in [0.1, 0.15) is 51.4 Å². The SMILES string of the molecule is CC1(C)CC(OC(=O)c2ccc([N+](=O)[O-])cc2)C=[N+](O[Si](C)(C)C(C)(C)C)O1. The number of carbonyl (C=O) groups is 1. The van der Waals surface area contributed by atoms with E-state index in [1.165, 1.54) is 29.2 Å². The van der Waals surface area contributed by atoms with Crippen LogP contribution in [0.2, 0.25) is 18.1 Å². The number of nitro groups is 1. The first kappa shape index (κ1) is 21.9. The normalized spacial score (nSPS) is 19.2. The number of rotatable bonds is 5. The standard InChI is InChI=1S/C19H29N2O6Si/c1-18(2,3)28(6,7)27-20-13-16(12-19(4,5)26-20)25-17(22)14-8-10-15(11-9-14)21(23)24/h8-11,13,16H,12H2,1-7H3/q+1. The van der Waals surface area contributed by atoms with Gasteiger partial charge >= 0.3 is 14.3 Å². The lowest BCUT2D eigenvalue weighted by molar-refractivity contribution is -0.960. The Hall–Kier alpha value is -2.42. The van der Waals surface area contributed by atoms with Gasteiger partial charge in [-0.15, -0.1) is 0 Å². The van der Waals surface area contributed by atoms with Gasteiger partial charge in [0.1, 0.15) is 0 Å². The number of hydrogen-bond donors (Lipinski definition) is 0. The maximum absolute atomic E-state index is 12.5. The number of nitrogens with zero attached hydrogens (tertiary/aromatic N) is 2. The zero-order valence-corrected chi connectivity index (χ0v) is 18.5. The van der Waals surface area contributed by atoms with Crippen molar-refractivity contribution in [1.82, 2.24) is 0 Å². The van der Waals surface area contributed by atoms with Crippen molar-refractivity contribution < 1.29 is 28.7 Å². The third-order valence-corrected chi connectivity index (χ3v) is 9.26. The minimum Gasteiger partial charge on any atom is -0.448 e. The van der Waals surface area contributed by atoms with Gasteiger partial charge in [-0.1, -0.05) is 20.8 Å². The highest BCUT2D eigenvalue weighted by Gasteiger charge is 2.48. The Morgan fingerprint density at radius 1 is 1.29 bits per heavy atom. The molecule has 1 aromatic carbocycles. The van der Waals surface area contributed by atoms with E-state index < -0.39 is 30.9 Å². The molecule has 28 heavy (non-hydrogen) atoms. The first-order valence-corrected chi connectivity index (χ1v) is 12.1. The van der Waals surface area contributed by atoms with E-state index in [0.717, 1.165) is 0 Å². The average molecular weight is 410 g/mol. The second kappa shape index (κ2) is 7.54. The lowest BCUT2D eigenvalue weighted by Crippen LogP contribution is -2.50. The fourth-order valence-electron chi connectivity index (χ4n) is 2.39. The van der Waals surface area contributed by atoms with Crippen molar-refractivity contribution in [1.29, 1.82) is 0 Å². The van der Waals surface area contributed by atoms with Crippen LogP contribution >= 0.6 is 0 Å². The van der Waals surface area contributed by atoms with Crippen LogP contribution in [0.25, 0.3) is 0 Å². The molecular weight excluding hydrogens is 380 g/mol. The van der Waals surface area contributed by atoms with Crippen LogP contribution < -0.4 is 0 Å². The third kappa shape index (κ3) is 5.31. The van der Waals surface area contributed by atoms with Gasteiger partial charge in [0, 0.05) is 18.6 Å². The van der Waals surface area contributed by atoms with Gasteiger partial charge in [0.05, 0.1) is 10.5 Å². The Morgan fingerprint density at radius 2 is 1.86 bits per heavy atom. The van der Waals surface area contributed by atoms with Crippen LogP contribution in [0.3, 0.4) is 0 Å². The zero-order valence-electron chi connectivity index (χ0n) is 17.5. The van der Waals surface area contributed by atoms with E-state index in [4.69, 9.17) is 14.1 Å². The monoisotopic (exact) mass is 409 g/mol. The number of carbonyl (C=O) groups excluding carboxylic acids is 1. The van der Waals surface area contributed by atoms with E-state index in [1.807, 2.05) is 13.8 Å². The van der Waals surface area contributed by atoms with E-state index in [0.29, 0.717) is 6.42 Å². The van der Waals surface area contributed by atoms with Crippen molar-refractivity contribution in [2.45, 2.75) is 70.9 Å². The van der Waals surface area contributed by atoms with Gasteiger partial charge in [-0.25, -0.2) is 9.63 Å². The summed E-state index contributed by atoms with van der Waals surface area (Å²) in [7, 11) is -2.14. The Labute approximate surface area is 166 Å². The van der Waals surface area contributed by atoms with Crippen LogP contribution in [-0.2, 0) is 14.1 Å². The minimum absolute atomic E-state index is 0.0171. The van der Waals surface area contributed by atoms with Gasteiger partial charge < -0.3 is 9.26 Å². The van der Waals surface area contributed by atoms with Gasteiger partial charge in [-0.2, -0.15) is 0 Å². The summed E-state index contributed by atoms with van der Waals surface area (Å²) in [6.45, 7) is 14.4. The second-order valence-electron chi connectivity index (χ2n) is 9.09. The third-order valence-electron chi connectivity index (χ3n) is 5.01. The highest BCUT2D eigenvalue weighted by Crippen LogP contribution is 2.37. The molecule has 0 fully saturated rings. The molecule has 0 radical (unpaired) electrons. The molecule has 1 aromatic rings. The Morgan fingerprint density at radius 3 is 2.36 bits per heavy atom. The summed E-state index contributed by atoms with van der Waals surface area (Å²) < 4.78 is 11.8. The first-order valence-electron chi connectivity index (χ1n) is 9.18. The molecule has 1 aliphatic rings. The molecule has 1 heterocycles. The van der Waals surface area contributed by atoms with Crippen molar-refractivity contribution in [2.24, 2.45) is 0 Å². The molecule has 0 aromatic heterocycles. The van der Waals surface area contributed by atoms with Crippen LogP contribution in [-0.4, -0.2) is 42.0 Å². The van der Waals surface area contributed by atoms with Crippen LogP contribution in [0.15, 0.2) is 24.3 Å². The van der Waals surface area contributed by atoms with Gasteiger partial charge in [0.15, 0.2) is 16.6 Å². The van der Waals surface area contributed by atoms with Gasteiger partial charge in [0.25, 0.3) is 11.9 Å². The molecule has 0 saturated carbocycles. The van der Waals surface area contributed by atoms with E-state index in [2.05, 4.69) is 33.9 Å². The largest absolute Gasteiger partial charge is 0.448 e. The van der Waals surface area contributed by atoms with Crippen molar-refractivity contribution in [2.75, 3.05) is 0 Å². The van der Waals surface area contributed by atoms with Crippen LogP contribution in [0.4, 0.5) is 5.69 Å². The van der Waals surface area contributed by atoms with Crippen molar-refractivity contribution in [3.05, 3.63) is 39.9 Å². The number of benzene rings is 1. The van der Waals surface area contributed by atoms with Crippen molar-refractivity contribution >= 4 is 26.2 Å². The molecule has 1 aliphatic heterocycles. The summed E-state index contributed by atoms with van der Waals surface area (Å²) in [5.41, 5.74) is -0.415. The van der Waals surface area contributed by atoms with E-state index >= 15 is 0 Å². The maximum Gasteiger partial charge on any atom is 0.351 e. The molecule has 0 N–H and O–H groups in total. The topological polar surface area (TPSA) is 90.9 Å². The average Bonchev–Trinajstić information content (AvgIpc) is 2.51. The number of hydrogen-bond acceptors (Lipinski definition) is 6. The van der Waals surface area contributed by atoms with E-state index in [1.54, 1.807) is 6.21 Å². The highest BCUT2D eigenvalue weighted by molar-refractivity contribution is 6.73. The second-order valence-corrected chi connectivity index (χ2v) is 13.8. The minimum atomic E-state index is -2.14. The predicted octanol–water partition coefficient (Wildman–Crippen LogP) is 4.25. The molecule has 0 aliphatic carbocycles. The Kier molecular flexibility index (Phi) is 5.89. The van der Waals surface area contributed by atoms with E-state index in [9.17, 15) is 14.9 Å². The molecule has 1 atom stereocenters. The predicted molar refractivity (Wildman–Crippen MR) is 107 cm³/mol. The number of nitro benzene ring substituents is 1. The number of esters is 1. The molecule has 154 valence electrons. The summed E-state index contributed by atoms with van der Waals surface area (Å²) in [6, 6.07) is 5.33. The van der Waals surface area contributed by atoms with Gasteiger partial charge in [0.2, 0.25) is 0 Å². The lowest BCUT2D eigenvalue weighted by Gasteiger charge is -2.34. The molecule has 0 spiro atoms. The number of non-ortho nitro benzene ring substituents is 1. The Balaban J connectivity index is 2.17. The summed E-state index contributed by atoms with van der Waals surface area (Å²) >= 11 is 0. The Bertz CT molecular complexity index is 781. The zero-order chi connectivity index (χ0) is 21.3. The fourth-order valence-corrected chi connectivity index (χ4v) is 3.21. The van der Waals surface area contributed by atoms with Crippen molar-refractivity contribution in [3.8, 4) is 0 Å². The molecule has 9 heteroatoms. The molecule has 8 nitrogen and oxygen atoms in total. The molecular formula is C19H29N2O6Si+. The first-order chi connectivity index (χ1) is 12.7. The lowest BCUT2D eigenvalue weighted by atomic mass is 10.0. The van der Waals surface area contributed by atoms with Crippen molar-refractivity contribution in [3.63, 3.8) is 0 Å². The number of ether oxygens (including phenoxy) is 1. The van der Waals surface area contributed by atoms with Gasteiger partial charge in [-0.3, -0.25) is 10.1 Å². The molecule has 0 saturated heterocycles. The smallest absolute Gasteiger partial charge is 0.351 e. The summed E-state index contributed by atoms with van der Waals surface area (Å²) in [6.07, 6.45) is 1.54. The highest BCUT2D eigenvalue weighted by atomic mass is 28.4. The quantitative estimate of drug-likeness (QED) is 0.312. The van der Waals surface area contributed by atoms with Gasteiger partial charge in [-0.05, 0) is 44.1 Å². The maximum atomic E-state index is 12.5. The fraction of sp³-hybridized carbons (Fsp3) is 0.579. The molecule has 2 rings (SSSR count). The molecule has 1 unspecified atom stereocenters. The summed E-state index contributed by atoms with van der Waals surface area (Å²) in [5.74, 6) is -0.555.